The lowest BCUT2D eigenvalue weighted by Crippen LogP contribution is -2.08. The number of anilines is 1. The molecule has 0 aliphatic heterocycles. The van der Waals surface area contributed by atoms with E-state index in [1.807, 2.05) is 0 Å². The second-order valence-electron chi connectivity index (χ2n) is 2.30. The van der Waals surface area contributed by atoms with E-state index >= 15 is 0 Å². The lowest BCUT2D eigenvalue weighted by Gasteiger charge is -1.98. The monoisotopic (exact) mass is 180 g/mol. The fourth-order valence-corrected chi connectivity index (χ4v) is 0.780. The summed E-state index contributed by atoms with van der Waals surface area (Å²) in [5.41, 5.74) is 5.67. The molecule has 68 valence electrons. The van der Waals surface area contributed by atoms with Crippen LogP contribution in [-0.2, 0) is 11.8 Å². The number of nitrogen functional groups attached to an aromatic ring is 1. The molecule has 0 aliphatic rings. The largest absolute Gasteiger partial charge is 0.447 e. The Morgan fingerprint density at radius 2 is 2.62 bits per heavy atom. The van der Waals surface area contributed by atoms with Crippen molar-refractivity contribution in [3.05, 3.63) is 11.8 Å². The van der Waals surface area contributed by atoms with Crippen molar-refractivity contribution in [2.45, 2.75) is 0 Å². The summed E-state index contributed by atoms with van der Waals surface area (Å²) < 4.78 is 5.89. The Morgan fingerprint density at radius 3 is 3.08 bits per heavy atom. The number of aromatic nitrogens is 2. The van der Waals surface area contributed by atoms with Crippen molar-refractivity contribution >= 4 is 11.8 Å². The number of esters is 1. The molecule has 0 saturated carbocycles. The normalized spacial score (nSPS) is 9.23. The first-order valence-corrected chi connectivity index (χ1v) is 3.48. The maximum absolute atomic E-state index is 11.1. The van der Waals surface area contributed by atoms with E-state index in [-0.39, 0.29) is 18.0 Å². The Balaban J connectivity index is 2.78. The topological polar surface area (TPSA) is 93.9 Å². The highest BCUT2D eigenvalue weighted by molar-refractivity contribution is 5.94. The lowest BCUT2D eigenvalue weighted by molar-refractivity contribution is 0.0556. The van der Waals surface area contributed by atoms with Gasteiger partial charge in [-0.05, 0) is 0 Å². The summed E-state index contributed by atoms with van der Waals surface area (Å²) in [7, 11) is 1.61. The number of aryl methyl sites for hydroxylation is 1. The van der Waals surface area contributed by atoms with Crippen LogP contribution >= 0.6 is 0 Å². The molecule has 1 heterocycles. The molecule has 1 aromatic heterocycles. The maximum atomic E-state index is 11.1. The van der Waals surface area contributed by atoms with Gasteiger partial charge >= 0.3 is 5.97 Å². The van der Waals surface area contributed by atoms with Crippen molar-refractivity contribution in [1.29, 1.82) is 5.26 Å². The van der Waals surface area contributed by atoms with Crippen molar-refractivity contribution in [3.8, 4) is 6.07 Å². The van der Waals surface area contributed by atoms with E-state index in [9.17, 15) is 4.79 Å². The van der Waals surface area contributed by atoms with Gasteiger partial charge in [-0.3, -0.25) is 4.68 Å². The van der Waals surface area contributed by atoms with Crippen LogP contribution in [0.3, 0.4) is 0 Å². The predicted molar refractivity (Wildman–Crippen MR) is 43.5 cm³/mol. The second-order valence-corrected chi connectivity index (χ2v) is 2.30. The third-order valence-corrected chi connectivity index (χ3v) is 1.47. The van der Waals surface area contributed by atoms with Crippen molar-refractivity contribution in [2.24, 2.45) is 7.05 Å². The molecule has 0 fully saturated rings. The average molecular weight is 180 g/mol. The van der Waals surface area contributed by atoms with Gasteiger partial charge in [-0.1, -0.05) is 0 Å². The molecule has 13 heavy (non-hydrogen) atoms. The highest BCUT2D eigenvalue weighted by Gasteiger charge is 2.14. The van der Waals surface area contributed by atoms with Gasteiger partial charge < -0.3 is 10.5 Å². The summed E-state index contributed by atoms with van der Waals surface area (Å²) in [5, 5.41) is 11.9. The summed E-state index contributed by atoms with van der Waals surface area (Å²) in [6, 6.07) is 1.68. The first-order chi connectivity index (χ1) is 6.16. The van der Waals surface area contributed by atoms with E-state index in [1.54, 1.807) is 13.1 Å². The number of nitriles is 1. The molecule has 0 amide bonds. The van der Waals surface area contributed by atoms with Crippen LogP contribution in [0.4, 0.5) is 5.82 Å². The van der Waals surface area contributed by atoms with Crippen LogP contribution in [0.1, 0.15) is 10.4 Å². The van der Waals surface area contributed by atoms with Crippen molar-refractivity contribution < 1.29 is 9.53 Å². The molecule has 0 saturated heterocycles. The second kappa shape index (κ2) is 3.58. The number of nitrogens with two attached hydrogens (primary N) is 1. The number of carbonyl (C=O) groups is 1. The number of hydrogen-bond acceptors (Lipinski definition) is 5. The zero-order valence-corrected chi connectivity index (χ0v) is 7.02. The van der Waals surface area contributed by atoms with Gasteiger partial charge in [-0.2, -0.15) is 10.4 Å². The fraction of sp³-hybridized carbons (Fsp3) is 0.286. The van der Waals surface area contributed by atoms with E-state index < -0.39 is 5.97 Å². The highest BCUT2D eigenvalue weighted by Crippen LogP contribution is 2.10. The molecule has 1 rings (SSSR count). The first kappa shape index (κ1) is 9.06. The minimum atomic E-state index is -0.632. The van der Waals surface area contributed by atoms with Gasteiger partial charge in [0.05, 0.1) is 6.20 Å². The SMILES string of the molecule is Cn1ncc(C(=O)OCC#N)c1N. The van der Waals surface area contributed by atoms with Gasteiger partial charge in [0.2, 0.25) is 0 Å². The summed E-state index contributed by atoms with van der Waals surface area (Å²) in [5.74, 6) is -0.407. The molecule has 6 heteroatoms. The number of carbonyl (C=O) groups excluding carboxylic acids is 1. The standard InChI is InChI=1S/C7H8N4O2/c1-11-6(9)5(4-10-11)7(12)13-3-2-8/h4H,3,9H2,1H3. The molecule has 2 N–H and O–H groups in total. The lowest BCUT2D eigenvalue weighted by atomic mass is 10.3. The molecule has 1 aromatic rings. The molecule has 0 atom stereocenters. The van der Waals surface area contributed by atoms with Gasteiger partial charge in [-0.15, -0.1) is 0 Å². The first-order valence-electron chi connectivity index (χ1n) is 3.48. The molecule has 0 radical (unpaired) electrons. The highest BCUT2D eigenvalue weighted by atomic mass is 16.5. The van der Waals surface area contributed by atoms with Gasteiger partial charge in [0.1, 0.15) is 17.5 Å². The smallest absolute Gasteiger partial charge is 0.344 e. The Morgan fingerprint density at radius 1 is 1.92 bits per heavy atom. The van der Waals surface area contributed by atoms with E-state index in [1.165, 1.54) is 10.9 Å². The average Bonchev–Trinajstić information content (AvgIpc) is 2.44. The fourth-order valence-electron chi connectivity index (χ4n) is 0.780. The van der Waals surface area contributed by atoms with E-state index in [2.05, 4.69) is 9.84 Å². The van der Waals surface area contributed by atoms with Crippen LogP contribution in [0.2, 0.25) is 0 Å². The van der Waals surface area contributed by atoms with Crippen LogP contribution in [0.15, 0.2) is 6.20 Å². The molecule has 0 spiro atoms. The minimum absolute atomic E-state index is 0.178. The van der Waals surface area contributed by atoms with E-state index in [4.69, 9.17) is 11.0 Å². The summed E-state index contributed by atoms with van der Waals surface area (Å²) in [6.45, 7) is -0.285. The summed E-state index contributed by atoms with van der Waals surface area (Å²) in [6.07, 6.45) is 1.30. The molecule has 0 aromatic carbocycles. The summed E-state index contributed by atoms with van der Waals surface area (Å²) >= 11 is 0. The summed E-state index contributed by atoms with van der Waals surface area (Å²) in [4.78, 5) is 11.1. The third-order valence-electron chi connectivity index (χ3n) is 1.47. The molecule has 0 bridgehead atoms. The van der Waals surface area contributed by atoms with E-state index in [0.29, 0.717) is 0 Å². The van der Waals surface area contributed by atoms with E-state index in [0.717, 1.165) is 0 Å². The number of ether oxygens (including phenoxy) is 1. The third kappa shape index (κ3) is 1.76. The van der Waals surface area contributed by atoms with Gasteiger partial charge in [0.15, 0.2) is 6.61 Å². The Labute approximate surface area is 74.5 Å². The molecular weight excluding hydrogens is 172 g/mol. The number of hydrogen-bond donors (Lipinski definition) is 1. The molecule has 0 aliphatic carbocycles. The predicted octanol–water partition coefficient (Wildman–Crippen LogP) is -0.317. The van der Waals surface area contributed by atoms with Crippen molar-refractivity contribution in [2.75, 3.05) is 12.3 Å². The van der Waals surface area contributed by atoms with Gasteiger partial charge in [-0.25, -0.2) is 4.79 Å². The quantitative estimate of drug-likeness (QED) is 0.629. The molecule has 6 nitrogen and oxygen atoms in total. The van der Waals surface area contributed by atoms with Crippen LogP contribution in [0.5, 0.6) is 0 Å². The van der Waals surface area contributed by atoms with Crippen molar-refractivity contribution in [3.63, 3.8) is 0 Å². The van der Waals surface area contributed by atoms with Crippen LogP contribution in [0, 0.1) is 11.3 Å². The zero-order chi connectivity index (χ0) is 9.84. The van der Waals surface area contributed by atoms with Crippen molar-refractivity contribution in [1.82, 2.24) is 9.78 Å². The zero-order valence-electron chi connectivity index (χ0n) is 7.02. The maximum Gasteiger partial charge on any atom is 0.344 e. The minimum Gasteiger partial charge on any atom is -0.447 e. The molecular formula is C7H8N4O2. The van der Waals surface area contributed by atoms with Crippen LogP contribution in [-0.4, -0.2) is 22.4 Å². The Hall–Kier alpha value is -2.03. The van der Waals surface area contributed by atoms with Crippen LogP contribution < -0.4 is 5.73 Å². The Kier molecular flexibility index (Phi) is 2.50. The number of rotatable bonds is 2. The van der Waals surface area contributed by atoms with Gasteiger partial charge in [0.25, 0.3) is 0 Å². The van der Waals surface area contributed by atoms with Crippen LogP contribution in [0.25, 0.3) is 0 Å². The Bertz CT molecular complexity index is 363. The molecule has 0 unspecified atom stereocenters. The van der Waals surface area contributed by atoms with Gasteiger partial charge in [0, 0.05) is 7.05 Å². The number of nitrogens with zero attached hydrogens (tertiary/aromatic N) is 3.